The lowest BCUT2D eigenvalue weighted by Gasteiger charge is -2.28. The molecule has 0 atom stereocenters. The van der Waals surface area contributed by atoms with Crippen molar-refractivity contribution in [3.05, 3.63) is 119 Å². The number of aliphatic hydroxyl groups excluding tert-OH is 1. The molecule has 3 aromatic carbocycles. The molecule has 0 unspecified atom stereocenters. The molecule has 0 radical (unpaired) electrons. The molecule has 0 aliphatic rings. The second-order valence-corrected chi connectivity index (χ2v) is 11.7. The van der Waals surface area contributed by atoms with Gasteiger partial charge in [-0.1, -0.05) is 48.0 Å². The van der Waals surface area contributed by atoms with Crippen LogP contribution in [0.5, 0.6) is 0 Å². The zero-order chi connectivity index (χ0) is 27.3. The maximum absolute atomic E-state index is 14.1. The van der Waals surface area contributed by atoms with Crippen LogP contribution in [0.25, 0.3) is 0 Å². The van der Waals surface area contributed by atoms with E-state index in [2.05, 4.69) is 10.3 Å². The van der Waals surface area contributed by atoms with Gasteiger partial charge in [0.1, 0.15) is 4.90 Å². The molecule has 0 spiro atoms. The van der Waals surface area contributed by atoms with Crippen LogP contribution in [0.1, 0.15) is 35.3 Å². The zero-order valence-electron chi connectivity index (χ0n) is 21.0. The molecule has 7 nitrogen and oxygen atoms in total. The summed E-state index contributed by atoms with van der Waals surface area (Å²) < 4.78 is 29.4. The van der Waals surface area contributed by atoms with E-state index in [1.807, 2.05) is 24.3 Å². The van der Waals surface area contributed by atoms with Gasteiger partial charge in [0.2, 0.25) is 0 Å². The van der Waals surface area contributed by atoms with Crippen molar-refractivity contribution >= 4 is 38.9 Å². The summed E-state index contributed by atoms with van der Waals surface area (Å²) >= 11 is 6.05. The number of carbonyl (C=O) groups excluding carboxylic acids is 1. The van der Waals surface area contributed by atoms with Gasteiger partial charge in [0.05, 0.1) is 23.5 Å². The average Bonchev–Trinajstić information content (AvgIpc) is 2.91. The number of aliphatic hydroxyl groups is 1. The van der Waals surface area contributed by atoms with E-state index < -0.39 is 21.5 Å². The molecule has 0 aliphatic heterocycles. The van der Waals surface area contributed by atoms with Crippen LogP contribution in [-0.4, -0.2) is 36.6 Å². The van der Waals surface area contributed by atoms with Crippen molar-refractivity contribution in [2.24, 2.45) is 0 Å². The van der Waals surface area contributed by atoms with E-state index in [4.69, 9.17) is 11.6 Å². The molecule has 196 valence electrons. The number of hydrogen-bond donors (Lipinski definition) is 2. The van der Waals surface area contributed by atoms with Crippen molar-refractivity contribution in [3.8, 4) is 0 Å². The predicted octanol–water partition coefficient (Wildman–Crippen LogP) is 5.35. The smallest absolute Gasteiger partial charge is 0.270 e. The second kappa shape index (κ2) is 11.3. The average molecular weight is 550 g/mol. The first kappa shape index (κ1) is 27.3. The number of nitrogens with zero attached hydrogens (tertiary/aromatic N) is 2. The predicted molar refractivity (Wildman–Crippen MR) is 149 cm³/mol. The summed E-state index contributed by atoms with van der Waals surface area (Å²) in [6, 6.07) is 24.0. The Hall–Kier alpha value is -3.72. The third-order valence-electron chi connectivity index (χ3n) is 5.88. The Morgan fingerprint density at radius 3 is 2.42 bits per heavy atom. The van der Waals surface area contributed by atoms with Gasteiger partial charge in [-0.05, 0) is 79.9 Å². The van der Waals surface area contributed by atoms with Gasteiger partial charge in [0.15, 0.2) is 0 Å². The van der Waals surface area contributed by atoms with Crippen molar-refractivity contribution in [2.75, 3.05) is 10.9 Å². The molecule has 0 saturated carbocycles. The fraction of sp³-hybridized carbons (Fsp3) is 0.172. The molecule has 9 heteroatoms. The lowest BCUT2D eigenvalue weighted by atomic mass is 10.0. The second-order valence-electron chi connectivity index (χ2n) is 9.44. The number of pyridine rings is 1. The van der Waals surface area contributed by atoms with Crippen molar-refractivity contribution in [1.82, 2.24) is 10.3 Å². The minimum atomic E-state index is -4.13. The Morgan fingerprint density at radius 2 is 1.74 bits per heavy atom. The van der Waals surface area contributed by atoms with Crippen LogP contribution >= 0.6 is 11.6 Å². The Morgan fingerprint density at radius 1 is 1.00 bits per heavy atom. The van der Waals surface area contributed by atoms with Crippen LogP contribution in [0.2, 0.25) is 5.02 Å². The molecule has 4 aromatic rings. The van der Waals surface area contributed by atoms with Gasteiger partial charge >= 0.3 is 0 Å². The van der Waals surface area contributed by atoms with Crippen molar-refractivity contribution < 1.29 is 18.3 Å². The lowest BCUT2D eigenvalue weighted by Crippen LogP contribution is -2.46. The Balaban J connectivity index is 1.85. The number of rotatable bonds is 9. The molecule has 1 aromatic heterocycles. The van der Waals surface area contributed by atoms with Gasteiger partial charge in [-0.15, -0.1) is 0 Å². The summed E-state index contributed by atoms with van der Waals surface area (Å²) in [5, 5.41) is 12.9. The molecule has 1 heterocycles. The molecule has 4 rings (SSSR count). The highest BCUT2D eigenvalue weighted by Gasteiger charge is 2.29. The summed E-state index contributed by atoms with van der Waals surface area (Å²) in [4.78, 5) is 17.0. The Bertz CT molecular complexity index is 1530. The number of para-hydroxylation sites is 1. The summed E-state index contributed by atoms with van der Waals surface area (Å²) in [6.07, 6.45) is 3.26. The third-order valence-corrected chi connectivity index (χ3v) is 7.86. The van der Waals surface area contributed by atoms with Gasteiger partial charge in [0.25, 0.3) is 15.9 Å². The molecular weight excluding hydrogens is 522 g/mol. The summed E-state index contributed by atoms with van der Waals surface area (Å²) in [6.45, 7) is 3.14. The standard InChI is InChI=1S/C29H28ClN3O4S/c1-29(2,20-34)32-28(35)23-8-5-9-25(18-23)33(38(36,37)26-10-6-16-31-19-26)27-11-4-3-7-22(27)17-21-12-14-24(30)15-13-21/h3-16,18-19,34H,17,20H2,1-2H3,(H,32,35). The highest BCUT2D eigenvalue weighted by Crippen LogP contribution is 2.36. The Kier molecular flexibility index (Phi) is 8.16. The van der Waals surface area contributed by atoms with Crippen LogP contribution in [0.15, 0.2) is 102 Å². The molecule has 1 amide bonds. The van der Waals surface area contributed by atoms with Crippen LogP contribution in [0, 0.1) is 0 Å². The first-order valence-electron chi connectivity index (χ1n) is 11.9. The van der Waals surface area contributed by atoms with E-state index >= 15 is 0 Å². The number of nitrogens with one attached hydrogen (secondary N) is 1. The summed E-state index contributed by atoms with van der Waals surface area (Å²) in [5.41, 5.74) is 1.86. The number of sulfonamides is 1. The van der Waals surface area contributed by atoms with E-state index in [0.717, 1.165) is 11.1 Å². The van der Waals surface area contributed by atoms with E-state index in [1.54, 1.807) is 62.4 Å². The zero-order valence-corrected chi connectivity index (χ0v) is 22.6. The quantitative estimate of drug-likeness (QED) is 0.293. The molecule has 38 heavy (non-hydrogen) atoms. The van der Waals surface area contributed by atoms with E-state index in [0.29, 0.717) is 17.1 Å². The number of hydrogen-bond acceptors (Lipinski definition) is 5. The molecule has 0 bridgehead atoms. The molecule has 0 fully saturated rings. The molecule has 0 saturated heterocycles. The molecule has 2 N–H and O–H groups in total. The maximum Gasteiger partial charge on any atom is 0.270 e. The highest BCUT2D eigenvalue weighted by atomic mass is 35.5. The normalized spacial score (nSPS) is 11.7. The van der Waals surface area contributed by atoms with E-state index in [1.165, 1.54) is 28.8 Å². The van der Waals surface area contributed by atoms with Crippen LogP contribution in [0.4, 0.5) is 11.4 Å². The van der Waals surface area contributed by atoms with Crippen LogP contribution in [0.3, 0.4) is 0 Å². The first-order valence-corrected chi connectivity index (χ1v) is 13.7. The molecule has 0 aliphatic carbocycles. The summed E-state index contributed by atoms with van der Waals surface area (Å²) in [5.74, 6) is -0.431. The topological polar surface area (TPSA) is 99.6 Å². The lowest BCUT2D eigenvalue weighted by molar-refractivity contribution is 0.0869. The van der Waals surface area contributed by atoms with Gasteiger partial charge in [-0.3, -0.25) is 9.78 Å². The van der Waals surface area contributed by atoms with Gasteiger partial charge in [0, 0.05) is 23.0 Å². The van der Waals surface area contributed by atoms with Crippen molar-refractivity contribution in [1.29, 1.82) is 0 Å². The van der Waals surface area contributed by atoms with Gasteiger partial charge in [-0.2, -0.15) is 0 Å². The third kappa shape index (κ3) is 6.22. The highest BCUT2D eigenvalue weighted by molar-refractivity contribution is 7.93. The number of aromatic nitrogens is 1. The largest absolute Gasteiger partial charge is 0.394 e. The maximum atomic E-state index is 14.1. The van der Waals surface area contributed by atoms with E-state index in [-0.39, 0.29) is 22.8 Å². The molecular formula is C29H28ClN3O4S. The minimum absolute atomic E-state index is 0.0116. The number of amides is 1. The summed E-state index contributed by atoms with van der Waals surface area (Å²) in [7, 11) is -4.13. The monoisotopic (exact) mass is 549 g/mol. The fourth-order valence-corrected chi connectivity index (χ4v) is 5.50. The number of benzene rings is 3. The van der Waals surface area contributed by atoms with Crippen LogP contribution in [-0.2, 0) is 16.4 Å². The van der Waals surface area contributed by atoms with Gasteiger partial charge in [-0.25, -0.2) is 12.7 Å². The van der Waals surface area contributed by atoms with Crippen molar-refractivity contribution in [2.45, 2.75) is 30.7 Å². The SMILES string of the molecule is CC(C)(CO)NC(=O)c1cccc(N(c2ccccc2Cc2ccc(Cl)cc2)S(=O)(=O)c2cccnc2)c1. The number of halogens is 1. The first-order chi connectivity index (χ1) is 18.1. The Labute approximate surface area is 227 Å². The van der Waals surface area contributed by atoms with Crippen LogP contribution < -0.4 is 9.62 Å². The van der Waals surface area contributed by atoms with E-state index in [9.17, 15) is 18.3 Å². The minimum Gasteiger partial charge on any atom is -0.394 e. The van der Waals surface area contributed by atoms with Crippen molar-refractivity contribution in [3.63, 3.8) is 0 Å². The number of carbonyl (C=O) groups is 1. The number of anilines is 2. The van der Waals surface area contributed by atoms with Gasteiger partial charge < -0.3 is 10.4 Å². The fourth-order valence-electron chi connectivity index (χ4n) is 3.89.